The van der Waals surface area contributed by atoms with E-state index in [-0.39, 0.29) is 5.92 Å². The maximum absolute atomic E-state index is 12.5. The summed E-state index contributed by atoms with van der Waals surface area (Å²) in [5, 5.41) is 0. The van der Waals surface area contributed by atoms with Gasteiger partial charge in [0.15, 0.2) is 0 Å². The van der Waals surface area contributed by atoms with Gasteiger partial charge in [0.1, 0.15) is 5.75 Å². The Hall–Kier alpha value is -1.42. The van der Waals surface area contributed by atoms with E-state index in [1.54, 1.807) is 18.9 Å². The van der Waals surface area contributed by atoms with E-state index >= 15 is 0 Å². The molecule has 1 saturated heterocycles. The summed E-state index contributed by atoms with van der Waals surface area (Å²) in [6.07, 6.45) is 5.71. The normalized spacial score (nSPS) is 22.0. The van der Waals surface area contributed by atoms with Gasteiger partial charge >= 0.3 is 0 Å². The summed E-state index contributed by atoms with van der Waals surface area (Å²) in [7, 11) is 1.67. The monoisotopic (exact) mass is 303 g/mol. The Morgan fingerprint density at radius 3 is 2.57 bits per heavy atom. The molecule has 1 aromatic carbocycles. The highest BCUT2D eigenvalue weighted by molar-refractivity contribution is 8.08. The predicted octanol–water partition coefficient (Wildman–Crippen LogP) is 3.41. The summed E-state index contributed by atoms with van der Waals surface area (Å²) >= 11 is 1.78. The summed E-state index contributed by atoms with van der Waals surface area (Å²) in [5.41, 5.74) is 1.18. The quantitative estimate of drug-likeness (QED) is 0.857. The van der Waals surface area contributed by atoms with Crippen molar-refractivity contribution in [2.75, 3.05) is 26.0 Å². The second kappa shape index (κ2) is 6.56. The van der Waals surface area contributed by atoms with Gasteiger partial charge in [0.05, 0.1) is 13.0 Å². The molecule has 3 rings (SSSR count). The highest BCUT2D eigenvalue weighted by atomic mass is 32.2. The number of carbonyl (C=O) groups is 1. The van der Waals surface area contributed by atoms with Crippen LogP contribution in [-0.2, 0) is 4.79 Å². The Morgan fingerprint density at radius 1 is 1.19 bits per heavy atom. The number of methoxy groups -OCH3 is 1. The van der Waals surface area contributed by atoms with Crippen LogP contribution >= 0.6 is 11.8 Å². The average molecular weight is 303 g/mol. The Morgan fingerprint density at radius 2 is 1.90 bits per heavy atom. The van der Waals surface area contributed by atoms with E-state index in [0.29, 0.717) is 5.91 Å². The van der Waals surface area contributed by atoms with Gasteiger partial charge in [-0.1, -0.05) is 18.2 Å². The molecule has 2 aliphatic heterocycles. The fraction of sp³-hybridized carbons (Fsp3) is 0.471. The van der Waals surface area contributed by atoms with Crippen molar-refractivity contribution in [3.63, 3.8) is 0 Å². The van der Waals surface area contributed by atoms with Crippen LogP contribution in [0.2, 0.25) is 0 Å². The number of benzene rings is 1. The summed E-state index contributed by atoms with van der Waals surface area (Å²) < 4.78 is 5.18. The molecule has 4 heteroatoms. The Balaban J connectivity index is 1.69. The molecule has 3 nitrogen and oxygen atoms in total. The first-order chi connectivity index (χ1) is 10.3. The highest BCUT2D eigenvalue weighted by Gasteiger charge is 2.28. The highest BCUT2D eigenvalue weighted by Crippen LogP contribution is 2.38. The molecule has 1 atom stereocenters. The van der Waals surface area contributed by atoms with E-state index in [9.17, 15) is 4.79 Å². The van der Waals surface area contributed by atoms with Crippen LogP contribution in [0.5, 0.6) is 5.75 Å². The fourth-order valence-electron chi connectivity index (χ4n) is 2.88. The van der Waals surface area contributed by atoms with Gasteiger partial charge in [-0.2, -0.15) is 0 Å². The van der Waals surface area contributed by atoms with Crippen LogP contribution in [0, 0.1) is 5.92 Å². The lowest BCUT2D eigenvalue weighted by Gasteiger charge is -2.28. The van der Waals surface area contributed by atoms with Gasteiger partial charge in [0.2, 0.25) is 5.91 Å². The van der Waals surface area contributed by atoms with E-state index in [0.717, 1.165) is 37.4 Å². The maximum atomic E-state index is 12.5. The summed E-state index contributed by atoms with van der Waals surface area (Å²) in [6.45, 7) is 1.87. The van der Waals surface area contributed by atoms with Crippen LogP contribution in [-0.4, -0.2) is 36.8 Å². The zero-order chi connectivity index (χ0) is 14.7. The molecular weight excluding hydrogens is 282 g/mol. The third-order valence-electron chi connectivity index (χ3n) is 4.13. The lowest BCUT2D eigenvalue weighted by molar-refractivity contribution is -0.134. The van der Waals surface area contributed by atoms with Crippen LogP contribution in [0.15, 0.2) is 30.3 Å². The Bertz CT molecular complexity index is 532. The van der Waals surface area contributed by atoms with E-state index in [1.807, 2.05) is 17.0 Å². The Kier molecular flexibility index (Phi) is 4.54. The van der Waals surface area contributed by atoms with Crippen molar-refractivity contribution in [3.05, 3.63) is 35.9 Å². The molecule has 1 unspecified atom stereocenters. The molecule has 0 bridgehead atoms. The smallest absolute Gasteiger partial charge is 0.230 e. The summed E-state index contributed by atoms with van der Waals surface area (Å²) in [5.74, 6) is 2.09. The van der Waals surface area contributed by atoms with Crippen LogP contribution in [0.3, 0.4) is 0 Å². The number of carbonyl (C=O) groups excluding carboxylic acids is 1. The molecule has 0 aliphatic carbocycles. The lowest BCUT2D eigenvalue weighted by Crippen LogP contribution is -2.39. The zero-order valence-electron chi connectivity index (χ0n) is 12.4. The van der Waals surface area contributed by atoms with Crippen LogP contribution < -0.4 is 4.74 Å². The molecule has 112 valence electrons. The van der Waals surface area contributed by atoms with Crippen molar-refractivity contribution in [1.29, 1.82) is 0 Å². The van der Waals surface area contributed by atoms with Crippen molar-refractivity contribution in [2.45, 2.75) is 19.3 Å². The van der Waals surface area contributed by atoms with Crippen molar-refractivity contribution in [2.24, 2.45) is 5.92 Å². The third-order valence-corrected chi connectivity index (χ3v) is 5.34. The summed E-state index contributed by atoms with van der Waals surface area (Å²) in [6, 6.07) is 8.06. The first-order valence-electron chi connectivity index (χ1n) is 7.56. The van der Waals surface area contributed by atoms with E-state index in [1.165, 1.54) is 16.9 Å². The second-order valence-corrected chi connectivity index (χ2v) is 6.62. The first kappa shape index (κ1) is 14.5. The van der Waals surface area contributed by atoms with E-state index in [4.69, 9.17) is 4.74 Å². The minimum atomic E-state index is 0.0465. The fourth-order valence-corrected chi connectivity index (χ4v) is 4.05. The number of ether oxygens (including phenoxy) is 1. The number of hydrogen-bond acceptors (Lipinski definition) is 3. The molecule has 2 aliphatic rings. The topological polar surface area (TPSA) is 29.5 Å². The van der Waals surface area contributed by atoms with Gasteiger partial charge in [-0.3, -0.25) is 4.79 Å². The van der Waals surface area contributed by atoms with E-state index in [2.05, 4.69) is 18.2 Å². The largest absolute Gasteiger partial charge is 0.497 e. The first-order valence-corrected chi connectivity index (χ1v) is 8.54. The van der Waals surface area contributed by atoms with Crippen LogP contribution in [0.1, 0.15) is 24.8 Å². The van der Waals surface area contributed by atoms with Crippen molar-refractivity contribution in [3.8, 4) is 5.75 Å². The number of hydrogen-bond donors (Lipinski definition) is 0. The minimum absolute atomic E-state index is 0.0465. The maximum Gasteiger partial charge on any atom is 0.230 e. The average Bonchev–Trinajstić information content (AvgIpc) is 3.05. The number of rotatable bonds is 3. The van der Waals surface area contributed by atoms with Gasteiger partial charge in [0.25, 0.3) is 0 Å². The number of amides is 1. The molecule has 0 saturated carbocycles. The molecule has 1 amide bonds. The summed E-state index contributed by atoms with van der Waals surface area (Å²) in [4.78, 5) is 15.8. The van der Waals surface area contributed by atoms with Crippen molar-refractivity contribution in [1.82, 2.24) is 4.90 Å². The van der Waals surface area contributed by atoms with Crippen molar-refractivity contribution >= 4 is 22.6 Å². The van der Waals surface area contributed by atoms with Gasteiger partial charge in [-0.05, 0) is 37.0 Å². The standard InChI is InChI=1S/C17H21NO2S/c1-20-15-7-5-13(6-8-15)16-11-14(12-21-16)17(19)18-9-3-2-4-10-18/h5-8,11,14H,2-4,9-10,12H2,1H3. The molecule has 0 radical (unpaired) electrons. The predicted molar refractivity (Wildman–Crippen MR) is 87.4 cm³/mol. The number of piperidine rings is 1. The number of nitrogens with zero attached hydrogens (tertiary/aromatic N) is 1. The third kappa shape index (κ3) is 3.26. The number of likely N-dealkylation sites (tertiary alicyclic amines) is 1. The molecule has 2 heterocycles. The molecule has 1 fully saturated rings. The van der Waals surface area contributed by atoms with Gasteiger partial charge in [0, 0.05) is 23.7 Å². The lowest BCUT2D eigenvalue weighted by atomic mass is 10.0. The van der Waals surface area contributed by atoms with Gasteiger partial charge in [-0.25, -0.2) is 0 Å². The Labute approximate surface area is 130 Å². The van der Waals surface area contributed by atoms with Crippen molar-refractivity contribution < 1.29 is 9.53 Å². The van der Waals surface area contributed by atoms with Crippen LogP contribution in [0.4, 0.5) is 0 Å². The SMILES string of the molecule is COc1ccc(C2=CC(C(=O)N3CCCCC3)CS2)cc1. The van der Waals surface area contributed by atoms with E-state index < -0.39 is 0 Å². The molecule has 0 N–H and O–H groups in total. The zero-order valence-corrected chi connectivity index (χ0v) is 13.2. The van der Waals surface area contributed by atoms with Gasteiger partial charge in [-0.15, -0.1) is 11.8 Å². The molecule has 1 aromatic rings. The van der Waals surface area contributed by atoms with Gasteiger partial charge < -0.3 is 9.64 Å². The van der Waals surface area contributed by atoms with Crippen LogP contribution in [0.25, 0.3) is 4.91 Å². The molecule has 0 spiro atoms. The molecule has 0 aromatic heterocycles. The minimum Gasteiger partial charge on any atom is -0.497 e. The number of thioether (sulfide) groups is 1. The molecular formula is C17H21NO2S. The molecule has 21 heavy (non-hydrogen) atoms. The second-order valence-electron chi connectivity index (χ2n) is 5.56.